The van der Waals surface area contributed by atoms with Crippen LogP contribution in [0.25, 0.3) is 10.9 Å². The molecule has 1 aromatic heterocycles. The summed E-state index contributed by atoms with van der Waals surface area (Å²) in [6, 6.07) is 11.4. The minimum absolute atomic E-state index is 0.655. The van der Waals surface area contributed by atoms with Crippen molar-refractivity contribution in [2.24, 2.45) is 7.05 Å². The molecule has 0 aliphatic heterocycles. The standard InChI is InChI=1S/C15H13ClN2O/c1-10-6-11-9-18(2)17-15(11)14(7-10)19-13-5-3-4-12(16)8-13/h3-9H,1-2H3. The number of hydrogen-bond acceptors (Lipinski definition) is 2. The molecule has 0 fully saturated rings. The SMILES string of the molecule is Cc1cc(Oc2cccc(Cl)c2)c2nn(C)cc2c1. The van der Waals surface area contributed by atoms with Gasteiger partial charge in [-0.3, -0.25) is 4.68 Å². The van der Waals surface area contributed by atoms with Crippen LogP contribution in [0.4, 0.5) is 0 Å². The summed E-state index contributed by atoms with van der Waals surface area (Å²) in [6.07, 6.45) is 1.98. The van der Waals surface area contributed by atoms with Gasteiger partial charge in [0.15, 0.2) is 5.75 Å². The maximum atomic E-state index is 5.96. The van der Waals surface area contributed by atoms with E-state index in [1.807, 2.05) is 44.4 Å². The third kappa shape index (κ3) is 2.42. The topological polar surface area (TPSA) is 27.1 Å². The molecule has 0 saturated heterocycles. The second-order valence-corrected chi connectivity index (χ2v) is 5.00. The van der Waals surface area contributed by atoms with Crippen molar-refractivity contribution in [1.29, 1.82) is 0 Å². The highest BCUT2D eigenvalue weighted by Crippen LogP contribution is 2.31. The molecule has 2 aromatic carbocycles. The molecule has 1 heterocycles. The Morgan fingerprint density at radius 1 is 1.21 bits per heavy atom. The second kappa shape index (κ2) is 4.59. The van der Waals surface area contributed by atoms with E-state index in [-0.39, 0.29) is 0 Å². The van der Waals surface area contributed by atoms with Gasteiger partial charge in [0.1, 0.15) is 11.3 Å². The Hall–Kier alpha value is -2.00. The van der Waals surface area contributed by atoms with Gasteiger partial charge in [-0.1, -0.05) is 17.7 Å². The van der Waals surface area contributed by atoms with Crippen LogP contribution in [-0.4, -0.2) is 9.78 Å². The summed E-state index contributed by atoms with van der Waals surface area (Å²) in [5.74, 6) is 1.46. The Balaban J connectivity index is 2.09. The minimum Gasteiger partial charge on any atom is -0.455 e. The number of rotatable bonds is 2. The largest absolute Gasteiger partial charge is 0.455 e. The van der Waals surface area contributed by atoms with Gasteiger partial charge in [-0.05, 0) is 42.8 Å². The highest BCUT2D eigenvalue weighted by atomic mass is 35.5. The summed E-state index contributed by atoms with van der Waals surface area (Å²) in [5.41, 5.74) is 1.99. The van der Waals surface area contributed by atoms with Crippen molar-refractivity contribution in [3.8, 4) is 11.5 Å². The van der Waals surface area contributed by atoms with Gasteiger partial charge >= 0.3 is 0 Å². The van der Waals surface area contributed by atoms with Gasteiger partial charge in [-0.25, -0.2) is 0 Å². The first-order chi connectivity index (χ1) is 9.11. The molecule has 19 heavy (non-hydrogen) atoms. The van der Waals surface area contributed by atoms with Crippen molar-refractivity contribution in [2.45, 2.75) is 6.92 Å². The van der Waals surface area contributed by atoms with Crippen molar-refractivity contribution < 1.29 is 4.74 Å². The third-order valence-electron chi connectivity index (χ3n) is 2.86. The summed E-state index contributed by atoms with van der Waals surface area (Å²) >= 11 is 5.96. The fraction of sp³-hybridized carbons (Fsp3) is 0.133. The molecule has 0 N–H and O–H groups in total. The molecule has 0 spiro atoms. The van der Waals surface area contributed by atoms with E-state index >= 15 is 0 Å². The normalized spacial score (nSPS) is 10.9. The van der Waals surface area contributed by atoms with Gasteiger partial charge in [0.25, 0.3) is 0 Å². The number of ether oxygens (including phenoxy) is 1. The van der Waals surface area contributed by atoms with Crippen LogP contribution in [0.3, 0.4) is 0 Å². The molecule has 0 aliphatic rings. The molecule has 0 saturated carbocycles. The quantitative estimate of drug-likeness (QED) is 0.694. The van der Waals surface area contributed by atoms with Crippen LogP contribution in [0, 0.1) is 6.92 Å². The number of aryl methyl sites for hydroxylation is 2. The zero-order valence-electron chi connectivity index (χ0n) is 10.7. The molecule has 0 bridgehead atoms. The first kappa shape index (κ1) is 12.1. The number of nitrogens with zero attached hydrogens (tertiary/aromatic N) is 2. The van der Waals surface area contributed by atoms with Crippen molar-refractivity contribution in [3.63, 3.8) is 0 Å². The van der Waals surface area contributed by atoms with Crippen LogP contribution in [-0.2, 0) is 7.05 Å². The Morgan fingerprint density at radius 2 is 2.05 bits per heavy atom. The van der Waals surface area contributed by atoms with Gasteiger partial charge in [-0.15, -0.1) is 0 Å². The lowest BCUT2D eigenvalue weighted by Gasteiger charge is -2.07. The van der Waals surface area contributed by atoms with Gasteiger partial charge < -0.3 is 4.74 Å². The number of hydrogen-bond donors (Lipinski definition) is 0. The second-order valence-electron chi connectivity index (χ2n) is 4.56. The van der Waals surface area contributed by atoms with Crippen molar-refractivity contribution in [3.05, 3.63) is 53.2 Å². The van der Waals surface area contributed by atoms with Crippen molar-refractivity contribution in [1.82, 2.24) is 9.78 Å². The molecule has 4 heteroatoms. The Labute approximate surface area is 116 Å². The number of aromatic nitrogens is 2. The van der Waals surface area contributed by atoms with E-state index in [2.05, 4.69) is 11.2 Å². The van der Waals surface area contributed by atoms with Gasteiger partial charge in [-0.2, -0.15) is 5.10 Å². The van der Waals surface area contributed by atoms with Crippen molar-refractivity contribution in [2.75, 3.05) is 0 Å². The van der Waals surface area contributed by atoms with E-state index in [0.29, 0.717) is 10.8 Å². The highest BCUT2D eigenvalue weighted by Gasteiger charge is 2.09. The smallest absolute Gasteiger partial charge is 0.155 e. The zero-order chi connectivity index (χ0) is 13.4. The molecule has 0 unspecified atom stereocenters. The maximum Gasteiger partial charge on any atom is 0.155 e. The van der Waals surface area contributed by atoms with E-state index in [4.69, 9.17) is 16.3 Å². The van der Waals surface area contributed by atoms with E-state index in [9.17, 15) is 0 Å². The molecular weight excluding hydrogens is 260 g/mol. The molecule has 3 aromatic rings. The van der Waals surface area contributed by atoms with E-state index < -0.39 is 0 Å². The third-order valence-corrected chi connectivity index (χ3v) is 3.09. The molecule has 0 radical (unpaired) electrons. The summed E-state index contributed by atoms with van der Waals surface area (Å²) in [7, 11) is 1.90. The lowest BCUT2D eigenvalue weighted by Crippen LogP contribution is -1.89. The molecule has 3 nitrogen and oxygen atoms in total. The van der Waals surface area contributed by atoms with Crippen LogP contribution in [0.2, 0.25) is 5.02 Å². The van der Waals surface area contributed by atoms with Gasteiger partial charge in [0.2, 0.25) is 0 Å². The summed E-state index contributed by atoms with van der Waals surface area (Å²) in [4.78, 5) is 0. The summed E-state index contributed by atoms with van der Waals surface area (Å²) in [6.45, 7) is 2.04. The minimum atomic E-state index is 0.655. The van der Waals surface area contributed by atoms with Gasteiger partial charge in [0, 0.05) is 23.7 Å². The Morgan fingerprint density at radius 3 is 2.84 bits per heavy atom. The zero-order valence-corrected chi connectivity index (χ0v) is 11.5. The number of benzene rings is 2. The first-order valence-electron chi connectivity index (χ1n) is 5.99. The summed E-state index contributed by atoms with van der Waals surface area (Å²) in [5, 5.41) is 6.16. The molecule has 0 atom stereocenters. The number of halogens is 1. The van der Waals surface area contributed by atoms with Crippen molar-refractivity contribution >= 4 is 22.5 Å². The average molecular weight is 273 g/mol. The van der Waals surface area contributed by atoms with Crippen LogP contribution in [0.1, 0.15) is 5.56 Å². The molecular formula is C15H13ClN2O. The Kier molecular flexibility index (Phi) is 2.91. The maximum absolute atomic E-state index is 5.96. The van der Waals surface area contributed by atoms with E-state index in [1.165, 1.54) is 0 Å². The van der Waals surface area contributed by atoms with Gasteiger partial charge in [0.05, 0.1) is 0 Å². The van der Waals surface area contributed by atoms with Crippen LogP contribution in [0.15, 0.2) is 42.6 Å². The fourth-order valence-electron chi connectivity index (χ4n) is 2.10. The monoisotopic (exact) mass is 272 g/mol. The average Bonchev–Trinajstić information content (AvgIpc) is 2.69. The van der Waals surface area contributed by atoms with E-state index in [1.54, 1.807) is 10.7 Å². The molecule has 0 amide bonds. The van der Waals surface area contributed by atoms with Crippen LogP contribution < -0.4 is 4.74 Å². The molecule has 96 valence electrons. The molecule has 0 aliphatic carbocycles. The first-order valence-corrected chi connectivity index (χ1v) is 6.37. The summed E-state index contributed by atoms with van der Waals surface area (Å²) < 4.78 is 7.69. The van der Waals surface area contributed by atoms with Crippen LogP contribution in [0.5, 0.6) is 11.5 Å². The lowest BCUT2D eigenvalue weighted by atomic mass is 10.1. The fourth-order valence-corrected chi connectivity index (χ4v) is 2.28. The number of fused-ring (bicyclic) bond motifs is 1. The highest BCUT2D eigenvalue weighted by molar-refractivity contribution is 6.30. The molecule has 3 rings (SSSR count). The lowest BCUT2D eigenvalue weighted by molar-refractivity contribution is 0.486. The van der Waals surface area contributed by atoms with E-state index in [0.717, 1.165) is 22.2 Å². The predicted molar refractivity (Wildman–Crippen MR) is 77.0 cm³/mol. The van der Waals surface area contributed by atoms with Crippen LogP contribution >= 0.6 is 11.6 Å². The Bertz CT molecular complexity index is 749. The predicted octanol–water partition coefficient (Wildman–Crippen LogP) is 4.33.